The third-order valence-corrected chi connectivity index (χ3v) is 4.19. The summed E-state index contributed by atoms with van der Waals surface area (Å²) in [5.74, 6) is 1.28. The van der Waals surface area contributed by atoms with Gasteiger partial charge in [0.25, 0.3) is 6.26 Å². The number of hydrogen-bond donors (Lipinski definition) is 0. The lowest BCUT2D eigenvalue weighted by Gasteiger charge is -2.42. The fourth-order valence-corrected chi connectivity index (χ4v) is 2.81. The average Bonchev–Trinajstić information content (AvgIpc) is 2.16. The van der Waals surface area contributed by atoms with Crippen molar-refractivity contribution >= 4 is 0 Å². The van der Waals surface area contributed by atoms with E-state index in [0.29, 0.717) is 11.3 Å². The Morgan fingerprint density at radius 3 is 2.12 bits per heavy atom. The van der Waals surface area contributed by atoms with Crippen LogP contribution in [-0.2, 0) is 4.74 Å². The molecule has 1 fully saturated rings. The van der Waals surface area contributed by atoms with Crippen LogP contribution in [0.3, 0.4) is 0 Å². The number of nitrogens with zero attached hydrogens (tertiary/aromatic N) is 1. The van der Waals surface area contributed by atoms with E-state index in [0.717, 1.165) is 5.92 Å². The lowest BCUT2D eigenvalue weighted by Crippen LogP contribution is -2.39. The van der Waals surface area contributed by atoms with E-state index < -0.39 is 0 Å². The van der Waals surface area contributed by atoms with E-state index >= 15 is 0 Å². The van der Waals surface area contributed by atoms with Crippen molar-refractivity contribution in [1.82, 2.24) is 0 Å². The zero-order chi connectivity index (χ0) is 12.4. The van der Waals surface area contributed by atoms with Crippen LogP contribution in [-0.4, -0.2) is 5.60 Å². The minimum absolute atomic E-state index is 0.293. The van der Waals surface area contributed by atoms with E-state index in [-0.39, 0.29) is 5.60 Å². The molecule has 0 aliphatic heterocycles. The van der Waals surface area contributed by atoms with Crippen molar-refractivity contribution < 1.29 is 4.74 Å². The standard InChI is InChI=1S/C14H25NO/c1-13(2,3)11-7-6-8-12(9-11)14(4,5)16-10-15/h11-12H,6-9H2,1-5H3. The number of nitriles is 1. The lowest BCUT2D eigenvalue weighted by molar-refractivity contribution is -0.0249. The number of rotatable bonds is 2. The summed E-state index contributed by atoms with van der Waals surface area (Å²) in [6.45, 7) is 11.0. The van der Waals surface area contributed by atoms with Crippen molar-refractivity contribution in [1.29, 1.82) is 5.26 Å². The zero-order valence-electron chi connectivity index (χ0n) is 11.3. The Kier molecular flexibility index (Phi) is 3.88. The second kappa shape index (κ2) is 4.65. The molecule has 0 saturated heterocycles. The smallest absolute Gasteiger partial charge is 0.286 e. The summed E-state index contributed by atoms with van der Waals surface area (Å²) in [6.07, 6.45) is 6.84. The summed E-state index contributed by atoms with van der Waals surface area (Å²) in [5.41, 5.74) is 0.0834. The van der Waals surface area contributed by atoms with Gasteiger partial charge in [-0.05, 0) is 50.4 Å². The van der Waals surface area contributed by atoms with Crippen molar-refractivity contribution in [3.8, 4) is 6.26 Å². The third-order valence-electron chi connectivity index (χ3n) is 4.19. The Morgan fingerprint density at radius 1 is 1.06 bits per heavy atom. The van der Waals surface area contributed by atoms with Gasteiger partial charge in [-0.25, -0.2) is 0 Å². The van der Waals surface area contributed by atoms with E-state index in [1.807, 2.05) is 20.1 Å². The molecule has 0 spiro atoms. The molecule has 1 aliphatic carbocycles. The quantitative estimate of drug-likeness (QED) is 0.660. The van der Waals surface area contributed by atoms with E-state index in [1.54, 1.807) is 0 Å². The molecule has 2 heteroatoms. The molecule has 2 nitrogen and oxygen atoms in total. The van der Waals surface area contributed by atoms with E-state index in [1.165, 1.54) is 25.7 Å². The van der Waals surface area contributed by atoms with Gasteiger partial charge in [-0.15, -0.1) is 0 Å². The molecule has 1 aliphatic rings. The monoisotopic (exact) mass is 223 g/mol. The summed E-state index contributed by atoms with van der Waals surface area (Å²) in [6, 6.07) is 0. The molecule has 0 amide bonds. The molecule has 2 unspecified atom stereocenters. The van der Waals surface area contributed by atoms with Gasteiger partial charge in [-0.1, -0.05) is 27.2 Å². The van der Waals surface area contributed by atoms with E-state index in [2.05, 4.69) is 20.8 Å². The molecule has 0 heterocycles. The van der Waals surface area contributed by atoms with Gasteiger partial charge in [0, 0.05) is 0 Å². The first kappa shape index (κ1) is 13.4. The van der Waals surface area contributed by atoms with Crippen molar-refractivity contribution in [3.05, 3.63) is 0 Å². The minimum atomic E-state index is -0.293. The Hall–Kier alpha value is -0.710. The summed E-state index contributed by atoms with van der Waals surface area (Å²) in [4.78, 5) is 0. The number of ether oxygens (including phenoxy) is 1. The molecule has 16 heavy (non-hydrogen) atoms. The van der Waals surface area contributed by atoms with Crippen molar-refractivity contribution in [2.75, 3.05) is 0 Å². The Labute approximate surface area is 100.0 Å². The van der Waals surface area contributed by atoms with Gasteiger partial charge in [0.05, 0.1) is 0 Å². The molecular formula is C14H25NO. The van der Waals surface area contributed by atoms with Gasteiger partial charge in [0.1, 0.15) is 5.60 Å². The van der Waals surface area contributed by atoms with E-state index in [9.17, 15) is 0 Å². The Morgan fingerprint density at radius 2 is 1.62 bits per heavy atom. The summed E-state index contributed by atoms with van der Waals surface area (Å²) < 4.78 is 5.24. The third kappa shape index (κ3) is 3.14. The summed E-state index contributed by atoms with van der Waals surface area (Å²) >= 11 is 0. The maximum atomic E-state index is 8.69. The zero-order valence-corrected chi connectivity index (χ0v) is 11.3. The average molecular weight is 223 g/mol. The summed E-state index contributed by atoms with van der Waals surface area (Å²) in [7, 11) is 0. The van der Waals surface area contributed by atoms with Crippen molar-refractivity contribution in [3.63, 3.8) is 0 Å². The molecule has 0 bridgehead atoms. The maximum absolute atomic E-state index is 8.69. The normalized spacial score (nSPS) is 27.2. The van der Waals surface area contributed by atoms with Crippen LogP contribution in [0.25, 0.3) is 0 Å². The first-order chi connectivity index (χ1) is 7.27. The van der Waals surface area contributed by atoms with Gasteiger partial charge in [0.15, 0.2) is 0 Å². The van der Waals surface area contributed by atoms with Crippen LogP contribution in [0.5, 0.6) is 0 Å². The van der Waals surface area contributed by atoms with Gasteiger partial charge in [0.2, 0.25) is 0 Å². The Balaban J connectivity index is 2.68. The topological polar surface area (TPSA) is 33.0 Å². The molecule has 0 aromatic carbocycles. The highest BCUT2D eigenvalue weighted by Crippen LogP contribution is 2.44. The summed E-state index contributed by atoms with van der Waals surface area (Å²) in [5, 5.41) is 8.69. The molecule has 0 aromatic heterocycles. The predicted molar refractivity (Wildman–Crippen MR) is 65.7 cm³/mol. The minimum Gasteiger partial charge on any atom is -0.421 e. The van der Waals surface area contributed by atoms with Crippen molar-refractivity contribution in [2.24, 2.45) is 17.3 Å². The first-order valence-corrected chi connectivity index (χ1v) is 6.34. The molecule has 1 saturated carbocycles. The molecule has 92 valence electrons. The predicted octanol–water partition coefficient (Wildman–Crippen LogP) is 4.12. The molecule has 0 aromatic rings. The van der Waals surface area contributed by atoms with Gasteiger partial charge < -0.3 is 4.74 Å². The second-order valence-electron chi connectivity index (χ2n) is 6.72. The maximum Gasteiger partial charge on any atom is 0.286 e. The second-order valence-corrected chi connectivity index (χ2v) is 6.72. The molecule has 0 N–H and O–H groups in total. The SMILES string of the molecule is CC(C)(C)C1CCCC(C(C)(C)OC#N)C1. The van der Waals surface area contributed by atoms with Crippen molar-refractivity contribution in [2.45, 2.75) is 65.9 Å². The highest BCUT2D eigenvalue weighted by Gasteiger charge is 2.38. The van der Waals surface area contributed by atoms with Gasteiger partial charge in [-0.3, -0.25) is 0 Å². The van der Waals surface area contributed by atoms with Gasteiger partial charge in [-0.2, -0.15) is 5.26 Å². The van der Waals surface area contributed by atoms with Crippen LogP contribution < -0.4 is 0 Å². The molecule has 1 rings (SSSR count). The number of hydrogen-bond acceptors (Lipinski definition) is 2. The largest absolute Gasteiger partial charge is 0.421 e. The Bertz CT molecular complexity index is 269. The molecule has 0 radical (unpaired) electrons. The molecule has 2 atom stereocenters. The van der Waals surface area contributed by atoms with Crippen LogP contribution in [0.4, 0.5) is 0 Å². The van der Waals surface area contributed by atoms with Gasteiger partial charge >= 0.3 is 0 Å². The molecular weight excluding hydrogens is 198 g/mol. The van der Waals surface area contributed by atoms with Crippen LogP contribution in [0.2, 0.25) is 0 Å². The highest BCUT2D eigenvalue weighted by molar-refractivity contribution is 4.89. The highest BCUT2D eigenvalue weighted by atomic mass is 16.5. The fourth-order valence-electron chi connectivity index (χ4n) is 2.81. The van der Waals surface area contributed by atoms with E-state index in [4.69, 9.17) is 10.00 Å². The van der Waals surface area contributed by atoms with Crippen LogP contribution in [0.15, 0.2) is 0 Å². The van der Waals surface area contributed by atoms with Crippen LogP contribution in [0.1, 0.15) is 60.3 Å². The fraction of sp³-hybridized carbons (Fsp3) is 0.929. The lowest BCUT2D eigenvalue weighted by atomic mass is 9.66. The first-order valence-electron chi connectivity index (χ1n) is 6.34. The van der Waals surface area contributed by atoms with Crippen LogP contribution >= 0.6 is 0 Å². The van der Waals surface area contributed by atoms with Crippen LogP contribution in [0, 0.1) is 28.8 Å².